The summed E-state index contributed by atoms with van der Waals surface area (Å²) in [6, 6.07) is 4.05. The highest BCUT2D eigenvalue weighted by molar-refractivity contribution is 5.93. The van der Waals surface area contributed by atoms with E-state index >= 15 is 0 Å². The van der Waals surface area contributed by atoms with Gasteiger partial charge in [0, 0.05) is 36.2 Å². The monoisotopic (exact) mass is 450 g/mol. The van der Waals surface area contributed by atoms with Gasteiger partial charge >= 0.3 is 0 Å². The molecule has 5 rings (SSSR count). The number of anilines is 1. The van der Waals surface area contributed by atoms with Crippen molar-refractivity contribution < 1.29 is 19.1 Å². The predicted molar refractivity (Wildman–Crippen MR) is 125 cm³/mol. The molecule has 0 radical (unpaired) electrons. The van der Waals surface area contributed by atoms with Gasteiger partial charge in [-0.05, 0) is 50.3 Å². The first-order valence-corrected chi connectivity index (χ1v) is 11.4. The van der Waals surface area contributed by atoms with E-state index in [0.717, 1.165) is 62.1 Å². The van der Waals surface area contributed by atoms with Crippen LogP contribution in [0.15, 0.2) is 24.8 Å². The number of nitrogens with one attached hydrogen (secondary N) is 1. The lowest BCUT2D eigenvalue weighted by Gasteiger charge is -2.60. The van der Waals surface area contributed by atoms with E-state index in [1.54, 1.807) is 14.2 Å². The highest BCUT2D eigenvalue weighted by atomic mass is 16.5. The number of rotatable bonds is 6. The standard InChI is InChI=1S/C25H30N4O4/c1-5-22(31)28-13-25(14-28)10-17(11-25)19-6-7-26-24-18(12-30)23(27-29(19)24)16-8-20(32-3)15(2)21(9-16)33-4/h5,8-9,12,17,19,26H,1,6-7,10-11,13-14H2,2-4H3. The summed E-state index contributed by atoms with van der Waals surface area (Å²) in [5.74, 6) is 2.68. The van der Waals surface area contributed by atoms with Gasteiger partial charge in [0.2, 0.25) is 5.91 Å². The molecule has 1 N–H and O–H groups in total. The fraction of sp³-hybridized carbons (Fsp3) is 0.480. The predicted octanol–water partition coefficient (Wildman–Crippen LogP) is 3.47. The fourth-order valence-corrected chi connectivity index (χ4v) is 5.94. The van der Waals surface area contributed by atoms with Gasteiger partial charge in [0.15, 0.2) is 6.29 Å². The molecular formula is C25H30N4O4. The Hall–Kier alpha value is -3.29. The van der Waals surface area contributed by atoms with Gasteiger partial charge in [0.1, 0.15) is 23.0 Å². The number of carbonyl (C=O) groups is 2. The summed E-state index contributed by atoms with van der Waals surface area (Å²) in [6.07, 6.45) is 5.40. The number of hydrogen-bond donors (Lipinski definition) is 1. The third kappa shape index (κ3) is 3.31. The molecule has 1 saturated carbocycles. The molecule has 1 spiro atoms. The minimum Gasteiger partial charge on any atom is -0.496 e. The van der Waals surface area contributed by atoms with E-state index in [0.29, 0.717) is 28.7 Å². The van der Waals surface area contributed by atoms with E-state index in [2.05, 4.69) is 11.9 Å². The quantitative estimate of drug-likeness (QED) is 0.536. The van der Waals surface area contributed by atoms with Crippen molar-refractivity contribution in [2.24, 2.45) is 11.3 Å². The lowest BCUT2D eigenvalue weighted by Crippen LogP contribution is -2.64. The molecular weight excluding hydrogens is 420 g/mol. The number of benzene rings is 1. The zero-order chi connectivity index (χ0) is 23.3. The molecule has 2 aromatic rings. The Morgan fingerprint density at radius 2 is 1.91 bits per heavy atom. The number of hydrogen-bond acceptors (Lipinski definition) is 6. The van der Waals surface area contributed by atoms with Crippen LogP contribution in [-0.2, 0) is 4.79 Å². The highest BCUT2D eigenvalue weighted by Crippen LogP contribution is 2.57. The van der Waals surface area contributed by atoms with Crippen molar-refractivity contribution >= 4 is 18.0 Å². The summed E-state index contributed by atoms with van der Waals surface area (Å²) < 4.78 is 13.1. The van der Waals surface area contributed by atoms with Crippen LogP contribution in [0.3, 0.4) is 0 Å². The Kier molecular flexibility index (Phi) is 5.18. The van der Waals surface area contributed by atoms with Gasteiger partial charge in [-0.1, -0.05) is 6.58 Å². The van der Waals surface area contributed by atoms with Crippen molar-refractivity contribution in [1.29, 1.82) is 0 Å². The topological polar surface area (TPSA) is 85.7 Å². The van der Waals surface area contributed by atoms with Crippen molar-refractivity contribution in [2.75, 3.05) is 39.2 Å². The van der Waals surface area contributed by atoms with Crippen LogP contribution < -0.4 is 14.8 Å². The third-order valence-electron chi connectivity index (χ3n) is 7.61. The molecule has 1 amide bonds. The first kappa shape index (κ1) is 21.6. The van der Waals surface area contributed by atoms with Crippen LogP contribution in [0.1, 0.15) is 41.2 Å². The Labute approximate surface area is 193 Å². The van der Waals surface area contributed by atoms with E-state index in [1.165, 1.54) is 6.08 Å². The van der Waals surface area contributed by atoms with Crippen LogP contribution >= 0.6 is 0 Å². The average molecular weight is 451 g/mol. The molecule has 2 fully saturated rings. The largest absolute Gasteiger partial charge is 0.496 e. The van der Waals surface area contributed by atoms with E-state index in [1.807, 2.05) is 28.6 Å². The minimum absolute atomic E-state index is 0.0181. The summed E-state index contributed by atoms with van der Waals surface area (Å²) in [6.45, 7) is 7.97. The smallest absolute Gasteiger partial charge is 0.245 e. The zero-order valence-corrected chi connectivity index (χ0v) is 19.4. The molecule has 1 aromatic heterocycles. The molecule has 1 aliphatic carbocycles. The second-order valence-electron chi connectivity index (χ2n) is 9.53. The van der Waals surface area contributed by atoms with Crippen molar-refractivity contribution in [1.82, 2.24) is 14.7 Å². The van der Waals surface area contributed by atoms with Gasteiger partial charge in [-0.25, -0.2) is 4.68 Å². The Morgan fingerprint density at radius 1 is 1.24 bits per heavy atom. The third-order valence-corrected chi connectivity index (χ3v) is 7.61. The molecule has 174 valence electrons. The van der Waals surface area contributed by atoms with Crippen LogP contribution in [0.5, 0.6) is 11.5 Å². The molecule has 8 nitrogen and oxygen atoms in total. The van der Waals surface area contributed by atoms with Crippen molar-refractivity contribution in [3.63, 3.8) is 0 Å². The zero-order valence-electron chi connectivity index (χ0n) is 19.4. The molecule has 8 heteroatoms. The SMILES string of the molecule is C=CC(=O)N1CC2(CC(C3CCNc4c(C=O)c(-c5cc(OC)c(C)c(OC)c5)nn43)C2)C1. The normalized spacial score (nSPS) is 20.8. The summed E-state index contributed by atoms with van der Waals surface area (Å²) in [7, 11) is 3.25. The second kappa shape index (κ2) is 7.93. The maximum Gasteiger partial charge on any atom is 0.245 e. The summed E-state index contributed by atoms with van der Waals surface area (Å²) in [5.41, 5.74) is 3.14. The molecule has 0 bridgehead atoms. The van der Waals surface area contributed by atoms with Gasteiger partial charge in [-0.15, -0.1) is 0 Å². The number of nitrogens with zero attached hydrogens (tertiary/aromatic N) is 3. The lowest BCUT2D eigenvalue weighted by molar-refractivity contribution is -0.152. The van der Waals surface area contributed by atoms with Gasteiger partial charge in [-0.2, -0.15) is 5.10 Å². The summed E-state index contributed by atoms with van der Waals surface area (Å²) >= 11 is 0. The molecule has 3 heterocycles. The maximum atomic E-state index is 12.2. The Bertz CT molecular complexity index is 1100. The van der Waals surface area contributed by atoms with Crippen LogP contribution in [0.25, 0.3) is 11.3 Å². The minimum atomic E-state index is 0.0181. The van der Waals surface area contributed by atoms with Crippen molar-refractivity contribution in [3.8, 4) is 22.8 Å². The van der Waals surface area contributed by atoms with E-state index in [4.69, 9.17) is 14.6 Å². The lowest BCUT2D eigenvalue weighted by atomic mass is 9.55. The fourth-order valence-electron chi connectivity index (χ4n) is 5.94. The molecule has 3 aliphatic rings. The number of aromatic nitrogens is 2. The number of carbonyl (C=O) groups excluding carboxylic acids is 2. The Balaban J connectivity index is 1.43. The number of ether oxygens (including phenoxy) is 2. The van der Waals surface area contributed by atoms with Gasteiger partial charge in [0.05, 0.1) is 25.8 Å². The number of amides is 1. The van der Waals surface area contributed by atoms with Crippen molar-refractivity contribution in [3.05, 3.63) is 35.9 Å². The number of likely N-dealkylation sites (tertiary alicyclic amines) is 1. The number of methoxy groups -OCH3 is 2. The number of aldehydes is 1. The average Bonchev–Trinajstić information content (AvgIpc) is 3.16. The summed E-state index contributed by atoms with van der Waals surface area (Å²) in [4.78, 5) is 25.8. The van der Waals surface area contributed by atoms with E-state index < -0.39 is 0 Å². The molecule has 33 heavy (non-hydrogen) atoms. The highest BCUT2D eigenvalue weighted by Gasteiger charge is 2.55. The number of fused-ring (bicyclic) bond motifs is 1. The molecule has 1 aromatic carbocycles. The molecule has 1 saturated heterocycles. The van der Waals surface area contributed by atoms with Crippen LogP contribution in [0.4, 0.5) is 5.82 Å². The van der Waals surface area contributed by atoms with Crippen molar-refractivity contribution in [2.45, 2.75) is 32.2 Å². The van der Waals surface area contributed by atoms with Gasteiger partial charge in [-0.3, -0.25) is 9.59 Å². The van der Waals surface area contributed by atoms with Crippen LogP contribution in [0, 0.1) is 18.3 Å². The van der Waals surface area contributed by atoms with E-state index in [9.17, 15) is 9.59 Å². The van der Waals surface area contributed by atoms with Crippen LogP contribution in [0.2, 0.25) is 0 Å². The Morgan fingerprint density at radius 3 is 2.48 bits per heavy atom. The first-order chi connectivity index (χ1) is 15.9. The molecule has 2 aliphatic heterocycles. The summed E-state index contributed by atoms with van der Waals surface area (Å²) in [5, 5.41) is 8.33. The molecule has 1 atom stereocenters. The first-order valence-electron chi connectivity index (χ1n) is 11.4. The maximum absolute atomic E-state index is 12.2. The van der Waals surface area contributed by atoms with Crippen LogP contribution in [-0.4, -0.2) is 60.7 Å². The van der Waals surface area contributed by atoms with Gasteiger partial charge in [0.25, 0.3) is 0 Å². The second-order valence-corrected chi connectivity index (χ2v) is 9.53. The van der Waals surface area contributed by atoms with E-state index in [-0.39, 0.29) is 17.4 Å². The van der Waals surface area contributed by atoms with Gasteiger partial charge < -0.3 is 19.7 Å². The molecule has 1 unspecified atom stereocenters.